The average Bonchev–Trinajstić information content (AvgIpc) is 1.98. The zero-order valence-corrected chi connectivity index (χ0v) is 6.62. The molecule has 0 spiro atoms. The molecular formula is C6H13N3O3. The Kier molecular flexibility index (Phi) is 4.98. The Balaban J connectivity index is 3.69. The predicted octanol–water partition coefficient (Wildman–Crippen LogP) is -2.70. The van der Waals surface area contributed by atoms with Gasteiger partial charge in [-0.3, -0.25) is 9.59 Å². The maximum Gasteiger partial charge on any atom is 0.237 e. The van der Waals surface area contributed by atoms with E-state index < -0.39 is 17.9 Å². The van der Waals surface area contributed by atoms with Crippen LogP contribution in [0, 0.1) is 0 Å². The van der Waals surface area contributed by atoms with Gasteiger partial charge in [-0.15, -0.1) is 0 Å². The summed E-state index contributed by atoms with van der Waals surface area (Å²) in [6, 6.07) is -0.922. The first-order valence-corrected chi connectivity index (χ1v) is 3.50. The highest BCUT2D eigenvalue weighted by molar-refractivity contribution is 5.87. The number of rotatable bonds is 5. The van der Waals surface area contributed by atoms with Gasteiger partial charge in [0.15, 0.2) is 0 Å². The van der Waals surface area contributed by atoms with Gasteiger partial charge in [0.1, 0.15) is 0 Å². The van der Waals surface area contributed by atoms with Crippen molar-refractivity contribution >= 4 is 11.8 Å². The van der Waals surface area contributed by atoms with E-state index in [0.717, 1.165) is 0 Å². The lowest BCUT2D eigenvalue weighted by Crippen LogP contribution is -2.43. The van der Waals surface area contributed by atoms with Crippen LogP contribution in [0.1, 0.15) is 6.42 Å². The van der Waals surface area contributed by atoms with E-state index in [9.17, 15) is 9.59 Å². The van der Waals surface area contributed by atoms with Crippen LogP contribution in [0.4, 0.5) is 0 Å². The fraction of sp³-hybridized carbons (Fsp3) is 0.667. The summed E-state index contributed by atoms with van der Waals surface area (Å²) < 4.78 is 0. The molecule has 6 heteroatoms. The number of amides is 2. The maximum atomic E-state index is 10.9. The molecule has 0 unspecified atom stereocenters. The molecule has 0 aliphatic rings. The lowest BCUT2D eigenvalue weighted by Gasteiger charge is -2.08. The fourth-order valence-corrected chi connectivity index (χ4v) is 0.620. The topological polar surface area (TPSA) is 118 Å². The minimum Gasteiger partial charge on any atom is -0.395 e. The Bertz CT molecular complexity index is 171. The summed E-state index contributed by atoms with van der Waals surface area (Å²) in [5.41, 5.74) is 10.1. The molecule has 6 nitrogen and oxygen atoms in total. The molecule has 0 saturated heterocycles. The van der Waals surface area contributed by atoms with E-state index in [2.05, 4.69) is 5.32 Å². The average molecular weight is 175 g/mol. The molecule has 0 aromatic heterocycles. The van der Waals surface area contributed by atoms with Gasteiger partial charge in [0.05, 0.1) is 19.1 Å². The summed E-state index contributed by atoms with van der Waals surface area (Å²) >= 11 is 0. The van der Waals surface area contributed by atoms with Crippen LogP contribution in [-0.2, 0) is 9.59 Å². The first kappa shape index (κ1) is 10.9. The van der Waals surface area contributed by atoms with Gasteiger partial charge in [-0.2, -0.15) is 0 Å². The van der Waals surface area contributed by atoms with Gasteiger partial charge < -0.3 is 21.9 Å². The van der Waals surface area contributed by atoms with Gasteiger partial charge in [0.2, 0.25) is 11.8 Å². The molecule has 2 amide bonds. The summed E-state index contributed by atoms with van der Waals surface area (Å²) in [5, 5.41) is 10.6. The molecule has 0 heterocycles. The van der Waals surface area contributed by atoms with E-state index in [1.165, 1.54) is 0 Å². The minimum atomic E-state index is -0.922. The zero-order chi connectivity index (χ0) is 9.56. The van der Waals surface area contributed by atoms with Crippen LogP contribution in [0.3, 0.4) is 0 Å². The molecule has 0 aromatic rings. The van der Waals surface area contributed by atoms with Gasteiger partial charge in [-0.25, -0.2) is 0 Å². The Hall–Kier alpha value is -1.14. The second-order valence-electron chi connectivity index (χ2n) is 2.29. The highest BCUT2D eigenvalue weighted by Gasteiger charge is 2.14. The van der Waals surface area contributed by atoms with Gasteiger partial charge in [0, 0.05) is 6.54 Å². The molecule has 0 aliphatic heterocycles. The highest BCUT2D eigenvalue weighted by atomic mass is 16.3. The van der Waals surface area contributed by atoms with Crippen molar-refractivity contribution in [2.75, 3.05) is 13.2 Å². The second-order valence-corrected chi connectivity index (χ2v) is 2.29. The van der Waals surface area contributed by atoms with Crippen LogP contribution in [0.25, 0.3) is 0 Å². The van der Waals surface area contributed by atoms with Crippen molar-refractivity contribution in [1.82, 2.24) is 5.32 Å². The zero-order valence-electron chi connectivity index (χ0n) is 6.62. The van der Waals surface area contributed by atoms with Gasteiger partial charge in [-0.05, 0) is 0 Å². The van der Waals surface area contributed by atoms with Gasteiger partial charge >= 0.3 is 0 Å². The lowest BCUT2D eigenvalue weighted by molar-refractivity contribution is -0.126. The molecule has 0 radical (unpaired) electrons. The van der Waals surface area contributed by atoms with E-state index in [-0.39, 0.29) is 19.6 Å². The number of carbonyl (C=O) groups is 2. The fourth-order valence-electron chi connectivity index (χ4n) is 0.620. The number of aliphatic hydroxyl groups excluding tert-OH is 1. The number of carbonyl (C=O) groups excluding carboxylic acids is 2. The summed E-state index contributed by atoms with van der Waals surface area (Å²) in [7, 11) is 0. The monoisotopic (exact) mass is 175 g/mol. The third kappa shape index (κ3) is 4.64. The SMILES string of the molecule is NC(=O)C[C@@H](N)C(=O)NCCO. The molecule has 0 aliphatic carbocycles. The molecule has 70 valence electrons. The summed E-state index contributed by atoms with van der Waals surface area (Å²) in [4.78, 5) is 21.2. The maximum absolute atomic E-state index is 10.9. The largest absolute Gasteiger partial charge is 0.395 e. The lowest BCUT2D eigenvalue weighted by atomic mass is 10.2. The third-order valence-electron chi connectivity index (χ3n) is 1.17. The number of primary amides is 1. The van der Waals surface area contributed by atoms with E-state index in [1.807, 2.05) is 0 Å². The van der Waals surface area contributed by atoms with Crippen LogP contribution in [-0.4, -0.2) is 36.1 Å². The van der Waals surface area contributed by atoms with E-state index >= 15 is 0 Å². The van der Waals surface area contributed by atoms with Crippen molar-refractivity contribution in [3.63, 3.8) is 0 Å². The Morgan fingerprint density at radius 3 is 2.50 bits per heavy atom. The quantitative estimate of drug-likeness (QED) is 0.363. The first-order chi connectivity index (χ1) is 5.57. The molecular weight excluding hydrogens is 162 g/mol. The molecule has 1 atom stereocenters. The number of nitrogens with two attached hydrogens (primary N) is 2. The molecule has 0 aromatic carbocycles. The normalized spacial score (nSPS) is 12.2. The van der Waals surface area contributed by atoms with Crippen LogP contribution in [0.5, 0.6) is 0 Å². The van der Waals surface area contributed by atoms with Gasteiger partial charge in [0.25, 0.3) is 0 Å². The minimum absolute atomic E-state index is 0.130. The molecule has 6 N–H and O–H groups in total. The van der Waals surface area contributed by atoms with Crippen molar-refractivity contribution < 1.29 is 14.7 Å². The van der Waals surface area contributed by atoms with Crippen LogP contribution in [0.2, 0.25) is 0 Å². The molecule has 12 heavy (non-hydrogen) atoms. The Labute approximate surface area is 69.9 Å². The summed E-state index contributed by atoms with van der Waals surface area (Å²) in [6.45, 7) is -0.0275. The molecule has 0 fully saturated rings. The van der Waals surface area contributed by atoms with Crippen LogP contribution < -0.4 is 16.8 Å². The van der Waals surface area contributed by atoms with Crippen molar-refractivity contribution in [3.05, 3.63) is 0 Å². The number of hydrogen-bond donors (Lipinski definition) is 4. The Morgan fingerprint density at radius 1 is 1.50 bits per heavy atom. The number of hydrogen-bond acceptors (Lipinski definition) is 4. The first-order valence-electron chi connectivity index (χ1n) is 3.50. The predicted molar refractivity (Wildman–Crippen MR) is 41.9 cm³/mol. The van der Waals surface area contributed by atoms with Gasteiger partial charge in [-0.1, -0.05) is 0 Å². The molecule has 0 bridgehead atoms. The second kappa shape index (κ2) is 5.50. The van der Waals surface area contributed by atoms with E-state index in [0.29, 0.717) is 0 Å². The van der Waals surface area contributed by atoms with Crippen molar-refractivity contribution in [3.8, 4) is 0 Å². The van der Waals surface area contributed by atoms with E-state index in [1.54, 1.807) is 0 Å². The van der Waals surface area contributed by atoms with Crippen LogP contribution in [0.15, 0.2) is 0 Å². The molecule has 0 rings (SSSR count). The summed E-state index contributed by atoms with van der Waals surface area (Å²) in [6.07, 6.45) is -0.183. The van der Waals surface area contributed by atoms with Crippen LogP contribution >= 0.6 is 0 Å². The number of nitrogens with one attached hydrogen (secondary N) is 1. The third-order valence-corrected chi connectivity index (χ3v) is 1.17. The van der Waals surface area contributed by atoms with E-state index in [4.69, 9.17) is 16.6 Å². The number of aliphatic hydroxyl groups is 1. The smallest absolute Gasteiger partial charge is 0.237 e. The Morgan fingerprint density at radius 2 is 2.08 bits per heavy atom. The van der Waals surface area contributed by atoms with Crippen molar-refractivity contribution in [2.45, 2.75) is 12.5 Å². The van der Waals surface area contributed by atoms with Crippen molar-refractivity contribution in [2.24, 2.45) is 11.5 Å². The molecule has 0 saturated carbocycles. The highest BCUT2D eigenvalue weighted by Crippen LogP contribution is 1.85. The standard InChI is InChI=1S/C6H13N3O3/c7-4(3-5(8)11)6(12)9-1-2-10/h4,10H,1-3,7H2,(H2,8,11)(H,9,12)/t4-/m1/s1. The van der Waals surface area contributed by atoms with Crippen molar-refractivity contribution in [1.29, 1.82) is 0 Å². The summed E-state index contributed by atoms with van der Waals surface area (Å²) in [5.74, 6) is -1.11.